The predicted octanol–water partition coefficient (Wildman–Crippen LogP) is 11.0. The third-order valence-electron chi connectivity index (χ3n) is 8.32. The summed E-state index contributed by atoms with van der Waals surface area (Å²) in [6, 6.07) is 34.0. The molecular weight excluding hydrogens is 528 g/mol. The molecule has 6 aromatic rings. The minimum atomic E-state index is -1.28. The monoisotopic (exact) mass is 556 g/mol. The first-order valence-electron chi connectivity index (χ1n) is 13.2. The highest BCUT2D eigenvalue weighted by atomic mass is 79.9. The fourth-order valence-corrected chi connectivity index (χ4v) is 8.44. The van der Waals surface area contributed by atoms with Crippen LogP contribution in [0.5, 0.6) is 0 Å². The predicted molar refractivity (Wildman–Crippen MR) is 169 cm³/mol. The maximum atomic E-state index is 3.95. The number of benzene rings is 6. The van der Waals surface area contributed by atoms with Crippen molar-refractivity contribution in [3.63, 3.8) is 0 Å². The van der Waals surface area contributed by atoms with Gasteiger partial charge in [0.05, 0.1) is 8.07 Å². The van der Waals surface area contributed by atoms with E-state index in [1.165, 1.54) is 69.8 Å². The molecule has 0 N–H and O–H groups in total. The smallest absolute Gasteiger partial charge is 0.0518 e. The van der Waals surface area contributed by atoms with Gasteiger partial charge in [-0.15, -0.1) is 0 Å². The fraction of sp³-hybridized carbons (Fsp3) is 0.143. The molecule has 0 bridgehead atoms. The molecule has 0 aromatic heterocycles. The van der Waals surface area contributed by atoms with Crippen LogP contribution in [0, 0.1) is 0 Å². The minimum absolute atomic E-state index is 0.672. The summed E-state index contributed by atoms with van der Waals surface area (Å²) in [7, 11) is -1.28. The van der Waals surface area contributed by atoms with E-state index < -0.39 is 8.07 Å². The van der Waals surface area contributed by atoms with Crippen LogP contribution < -0.4 is 0 Å². The van der Waals surface area contributed by atoms with Crippen molar-refractivity contribution in [3.8, 4) is 11.1 Å². The zero-order valence-electron chi connectivity index (χ0n) is 21.5. The topological polar surface area (TPSA) is 0 Å². The Morgan fingerprint density at radius 2 is 1.19 bits per heavy atom. The van der Waals surface area contributed by atoms with E-state index in [-0.39, 0.29) is 0 Å². The summed E-state index contributed by atoms with van der Waals surface area (Å²) in [6.45, 7) is 7.45. The molecule has 0 heterocycles. The molecular formula is C35H29BrSi. The van der Waals surface area contributed by atoms with Crippen LogP contribution in [0.4, 0.5) is 0 Å². The number of hydrogen-bond donors (Lipinski definition) is 0. The number of allylic oxidation sites excluding steroid dienone is 1. The third-order valence-corrected chi connectivity index (χ3v) is 11.6. The first-order chi connectivity index (χ1) is 17.9. The van der Waals surface area contributed by atoms with Gasteiger partial charge in [0.15, 0.2) is 0 Å². The van der Waals surface area contributed by atoms with Gasteiger partial charge in [0.1, 0.15) is 0 Å². The van der Waals surface area contributed by atoms with Gasteiger partial charge in [0.2, 0.25) is 0 Å². The zero-order valence-corrected chi connectivity index (χ0v) is 24.1. The van der Waals surface area contributed by atoms with Gasteiger partial charge in [0, 0.05) is 4.47 Å². The second kappa shape index (κ2) is 8.41. The molecule has 0 saturated heterocycles. The molecule has 7 rings (SSSR count). The summed E-state index contributed by atoms with van der Waals surface area (Å²) in [6.07, 6.45) is 5.95. The molecule has 1 atom stereocenters. The van der Waals surface area contributed by atoms with E-state index in [0.717, 1.165) is 6.42 Å². The second-order valence-electron chi connectivity index (χ2n) is 11.6. The van der Waals surface area contributed by atoms with Crippen LogP contribution in [0.2, 0.25) is 25.2 Å². The Hall–Kier alpha value is -3.20. The fourth-order valence-electron chi connectivity index (χ4n) is 6.30. The quantitative estimate of drug-likeness (QED) is 0.147. The van der Waals surface area contributed by atoms with E-state index in [2.05, 4.69) is 139 Å². The molecule has 0 radical (unpaired) electrons. The van der Waals surface area contributed by atoms with Crippen LogP contribution in [0.25, 0.3) is 60.3 Å². The average molecular weight is 558 g/mol. The lowest BCUT2D eigenvalue weighted by atomic mass is 9.86. The Bertz CT molecular complexity index is 1910. The summed E-state index contributed by atoms with van der Waals surface area (Å²) in [5, 5.41) is 10.6. The van der Waals surface area contributed by atoms with Gasteiger partial charge in [-0.25, -0.2) is 0 Å². The van der Waals surface area contributed by atoms with Gasteiger partial charge in [-0.1, -0.05) is 127 Å². The van der Waals surface area contributed by atoms with Crippen LogP contribution in [0.3, 0.4) is 0 Å². The Balaban J connectivity index is 1.58. The van der Waals surface area contributed by atoms with Crippen molar-refractivity contribution < 1.29 is 0 Å². The highest BCUT2D eigenvalue weighted by molar-refractivity contribution is 9.10. The molecule has 0 amide bonds. The highest BCUT2D eigenvalue weighted by Crippen LogP contribution is 2.44. The van der Waals surface area contributed by atoms with Gasteiger partial charge in [-0.3, -0.25) is 0 Å². The van der Waals surface area contributed by atoms with Crippen molar-refractivity contribution in [3.05, 3.63) is 113 Å². The van der Waals surface area contributed by atoms with E-state index in [9.17, 15) is 0 Å². The van der Waals surface area contributed by atoms with Gasteiger partial charge in [0.25, 0.3) is 0 Å². The van der Waals surface area contributed by atoms with Crippen LogP contribution >= 0.6 is 15.9 Å². The molecule has 0 spiro atoms. The van der Waals surface area contributed by atoms with Gasteiger partial charge in [-0.2, -0.15) is 0 Å². The highest BCUT2D eigenvalue weighted by Gasteiger charge is 2.28. The molecule has 2 heteroatoms. The Morgan fingerprint density at radius 1 is 0.649 bits per heavy atom. The number of rotatable bonds is 2. The summed E-state index contributed by atoms with van der Waals surface area (Å²) in [5.74, 6) is 0. The van der Waals surface area contributed by atoms with Crippen molar-refractivity contribution in [2.75, 3.05) is 0 Å². The van der Waals surface area contributed by atoms with Gasteiger partial charge >= 0.3 is 0 Å². The minimum Gasteiger partial charge on any atom is -0.0831 e. The Morgan fingerprint density at radius 3 is 1.84 bits per heavy atom. The summed E-state index contributed by atoms with van der Waals surface area (Å²) in [5.41, 5.74) is 6.09. The molecule has 1 aliphatic carbocycles. The molecule has 0 saturated carbocycles. The second-order valence-corrected chi connectivity index (χ2v) is 17.9. The Kier molecular flexibility index (Phi) is 5.22. The standard InChI is InChI=1S/C35H29BrSi/c1-37(2,3)24-16-17-25-22(19-24)18-23(20-34(25)36)32-21-33-28-12-5-4-10-26(28)27-11-6-8-14-30(27)35(33)31-15-9-7-13-29(31)32/h4-18,20-21,24H,19H2,1-3H3. The van der Waals surface area contributed by atoms with E-state index >= 15 is 0 Å². The van der Waals surface area contributed by atoms with E-state index in [1.807, 2.05) is 0 Å². The van der Waals surface area contributed by atoms with Crippen molar-refractivity contribution in [1.29, 1.82) is 0 Å². The molecule has 1 aliphatic rings. The Labute approximate surface area is 227 Å². The SMILES string of the molecule is C[Si](C)(C)C1C=Cc2c(Br)cc(-c3cc4c5ccccc5c5ccccc5c4c4ccccc34)cc2C1. The first kappa shape index (κ1) is 23.0. The maximum absolute atomic E-state index is 3.95. The van der Waals surface area contributed by atoms with E-state index in [0.29, 0.717) is 5.54 Å². The maximum Gasteiger partial charge on any atom is 0.0518 e. The first-order valence-corrected chi connectivity index (χ1v) is 17.5. The van der Waals surface area contributed by atoms with Crippen molar-refractivity contribution in [2.24, 2.45) is 0 Å². The van der Waals surface area contributed by atoms with Crippen LogP contribution in [-0.2, 0) is 6.42 Å². The summed E-state index contributed by atoms with van der Waals surface area (Å²) >= 11 is 3.95. The lowest BCUT2D eigenvalue weighted by Gasteiger charge is -2.30. The number of fused-ring (bicyclic) bond motifs is 9. The number of hydrogen-bond acceptors (Lipinski definition) is 0. The van der Waals surface area contributed by atoms with E-state index in [4.69, 9.17) is 0 Å². The van der Waals surface area contributed by atoms with E-state index in [1.54, 1.807) is 0 Å². The largest absolute Gasteiger partial charge is 0.0831 e. The zero-order chi connectivity index (χ0) is 25.3. The summed E-state index contributed by atoms with van der Waals surface area (Å²) in [4.78, 5) is 0. The van der Waals surface area contributed by atoms with Crippen LogP contribution in [0.1, 0.15) is 11.1 Å². The van der Waals surface area contributed by atoms with Crippen molar-refractivity contribution >= 4 is 73.2 Å². The molecule has 0 aliphatic heterocycles. The molecule has 0 nitrogen and oxygen atoms in total. The van der Waals surface area contributed by atoms with Crippen molar-refractivity contribution in [1.82, 2.24) is 0 Å². The summed E-state index contributed by atoms with van der Waals surface area (Å²) < 4.78 is 1.19. The lowest BCUT2D eigenvalue weighted by Crippen LogP contribution is -2.29. The van der Waals surface area contributed by atoms with Crippen LogP contribution in [-0.4, -0.2) is 8.07 Å². The molecule has 180 valence electrons. The average Bonchev–Trinajstić information content (AvgIpc) is 2.91. The van der Waals surface area contributed by atoms with Crippen molar-refractivity contribution in [2.45, 2.75) is 31.6 Å². The lowest BCUT2D eigenvalue weighted by molar-refractivity contribution is 0.938. The molecule has 37 heavy (non-hydrogen) atoms. The number of halogens is 1. The van der Waals surface area contributed by atoms with Gasteiger partial charge in [-0.05, 0) is 89.4 Å². The molecule has 1 unspecified atom stereocenters. The van der Waals surface area contributed by atoms with Gasteiger partial charge < -0.3 is 0 Å². The van der Waals surface area contributed by atoms with Crippen LogP contribution in [0.15, 0.2) is 102 Å². The molecule has 6 aromatic carbocycles. The normalized spacial score (nSPS) is 15.6. The third kappa shape index (κ3) is 3.61. The molecule has 0 fully saturated rings.